The standard InChI is InChI=1S/C20H26O6/c21-16-12-8-9-20(13-6-4-2-1-3-5-7-13)11-15(18(23)26-19(20)24)14(10-12)17(22)25-16/h12-15H,1-11H2. The summed E-state index contributed by atoms with van der Waals surface area (Å²) < 4.78 is 10.1. The van der Waals surface area contributed by atoms with Crippen LogP contribution in [-0.4, -0.2) is 23.9 Å². The van der Waals surface area contributed by atoms with Crippen molar-refractivity contribution in [2.45, 2.75) is 70.6 Å². The molecule has 4 atom stereocenters. The molecule has 0 radical (unpaired) electrons. The summed E-state index contributed by atoms with van der Waals surface area (Å²) >= 11 is 0. The summed E-state index contributed by atoms with van der Waals surface area (Å²) in [5, 5.41) is 0. The predicted molar refractivity (Wildman–Crippen MR) is 89.4 cm³/mol. The summed E-state index contributed by atoms with van der Waals surface area (Å²) in [5.74, 6) is -3.73. The van der Waals surface area contributed by atoms with Gasteiger partial charge in [0.1, 0.15) is 0 Å². The highest BCUT2D eigenvalue weighted by molar-refractivity contribution is 5.98. The van der Waals surface area contributed by atoms with Crippen LogP contribution >= 0.6 is 0 Å². The van der Waals surface area contributed by atoms with E-state index < -0.39 is 47.0 Å². The van der Waals surface area contributed by atoms with Gasteiger partial charge < -0.3 is 9.47 Å². The number of hydrogen-bond donors (Lipinski definition) is 0. The molecule has 2 saturated carbocycles. The molecule has 2 saturated heterocycles. The zero-order valence-corrected chi connectivity index (χ0v) is 15.0. The van der Waals surface area contributed by atoms with Crippen molar-refractivity contribution in [2.24, 2.45) is 29.1 Å². The maximum Gasteiger partial charge on any atom is 0.320 e. The number of carbonyl (C=O) groups is 4. The van der Waals surface area contributed by atoms with Crippen LogP contribution < -0.4 is 0 Å². The molecule has 0 aromatic heterocycles. The molecule has 4 aliphatic rings. The number of rotatable bonds is 1. The van der Waals surface area contributed by atoms with Gasteiger partial charge in [0.25, 0.3) is 0 Å². The van der Waals surface area contributed by atoms with E-state index in [4.69, 9.17) is 9.47 Å². The van der Waals surface area contributed by atoms with Crippen LogP contribution in [0.2, 0.25) is 0 Å². The van der Waals surface area contributed by atoms with Crippen molar-refractivity contribution in [3.63, 3.8) is 0 Å². The molecule has 4 fully saturated rings. The number of cyclic esters (lactones) is 4. The number of fused-ring (bicyclic) bond motifs is 5. The third-order valence-corrected chi connectivity index (χ3v) is 7.17. The largest absolute Gasteiger partial charge is 0.393 e. The maximum absolute atomic E-state index is 12.9. The van der Waals surface area contributed by atoms with Crippen molar-refractivity contribution in [2.75, 3.05) is 0 Å². The molecule has 0 amide bonds. The molecule has 142 valence electrons. The molecule has 0 N–H and O–H groups in total. The fraction of sp³-hybridized carbons (Fsp3) is 0.800. The Bertz CT molecular complexity index is 632. The average Bonchev–Trinajstić information content (AvgIpc) is 2.54. The lowest BCUT2D eigenvalue weighted by molar-refractivity contribution is -0.197. The van der Waals surface area contributed by atoms with Gasteiger partial charge in [-0.3, -0.25) is 19.2 Å². The number of esters is 4. The summed E-state index contributed by atoms with van der Waals surface area (Å²) in [4.78, 5) is 49.7. The highest BCUT2D eigenvalue weighted by Gasteiger charge is 2.59. The summed E-state index contributed by atoms with van der Waals surface area (Å²) in [6.45, 7) is 0. The van der Waals surface area contributed by atoms with Crippen molar-refractivity contribution in [1.29, 1.82) is 0 Å². The molecule has 2 heterocycles. The lowest BCUT2D eigenvalue weighted by Crippen LogP contribution is -2.54. The maximum atomic E-state index is 12.9. The van der Waals surface area contributed by atoms with E-state index in [1.807, 2.05) is 0 Å². The van der Waals surface area contributed by atoms with Gasteiger partial charge in [0.2, 0.25) is 0 Å². The fourth-order valence-electron chi connectivity index (χ4n) is 5.64. The summed E-state index contributed by atoms with van der Waals surface area (Å²) in [6.07, 6.45) is 9.39. The highest BCUT2D eigenvalue weighted by atomic mass is 16.6. The van der Waals surface area contributed by atoms with E-state index in [0.29, 0.717) is 25.7 Å². The number of carbonyl (C=O) groups excluding carboxylic acids is 4. The van der Waals surface area contributed by atoms with Gasteiger partial charge in [-0.2, -0.15) is 0 Å². The van der Waals surface area contributed by atoms with Gasteiger partial charge in [-0.05, 0) is 44.4 Å². The zero-order valence-electron chi connectivity index (χ0n) is 15.0. The first-order chi connectivity index (χ1) is 12.5. The predicted octanol–water partition coefficient (Wildman–Crippen LogP) is 2.92. The average molecular weight is 362 g/mol. The van der Waals surface area contributed by atoms with Gasteiger partial charge in [-0.25, -0.2) is 0 Å². The van der Waals surface area contributed by atoms with Gasteiger partial charge in [-0.15, -0.1) is 0 Å². The van der Waals surface area contributed by atoms with Crippen LogP contribution in [0.3, 0.4) is 0 Å². The molecular weight excluding hydrogens is 336 g/mol. The summed E-state index contributed by atoms with van der Waals surface area (Å²) in [5.41, 5.74) is -0.731. The Labute approximate surface area is 153 Å². The van der Waals surface area contributed by atoms with Crippen LogP contribution in [-0.2, 0) is 28.7 Å². The normalized spacial score (nSPS) is 39.2. The fourth-order valence-corrected chi connectivity index (χ4v) is 5.64. The van der Waals surface area contributed by atoms with Gasteiger partial charge in [0.05, 0.1) is 23.2 Å². The first-order valence-electron chi connectivity index (χ1n) is 10.0. The minimum absolute atomic E-state index is 0.163. The van der Waals surface area contributed by atoms with Crippen LogP contribution in [0.1, 0.15) is 70.6 Å². The first-order valence-corrected chi connectivity index (χ1v) is 10.0. The topological polar surface area (TPSA) is 86.7 Å². The molecule has 6 nitrogen and oxygen atoms in total. The van der Waals surface area contributed by atoms with Crippen LogP contribution in [0.25, 0.3) is 0 Å². The second kappa shape index (κ2) is 6.78. The monoisotopic (exact) mass is 362 g/mol. The third kappa shape index (κ3) is 2.87. The Kier molecular flexibility index (Phi) is 4.61. The Morgan fingerprint density at radius 1 is 0.731 bits per heavy atom. The summed E-state index contributed by atoms with van der Waals surface area (Å²) in [7, 11) is 0. The number of ether oxygens (including phenoxy) is 2. The SMILES string of the molecule is O=C1OC(=O)C2CC1CCC1(C3CCCCCCC3)CC2C(=O)OC1=O. The van der Waals surface area contributed by atoms with Gasteiger partial charge in [0, 0.05) is 0 Å². The first kappa shape index (κ1) is 17.7. The van der Waals surface area contributed by atoms with Crippen molar-refractivity contribution < 1.29 is 28.7 Å². The Morgan fingerprint density at radius 2 is 1.38 bits per heavy atom. The lowest BCUT2D eigenvalue weighted by Gasteiger charge is -2.48. The van der Waals surface area contributed by atoms with Crippen LogP contribution in [0.15, 0.2) is 0 Å². The molecule has 26 heavy (non-hydrogen) atoms. The molecule has 0 spiro atoms. The quantitative estimate of drug-likeness (QED) is 0.526. The number of hydrogen-bond acceptors (Lipinski definition) is 6. The second-order valence-electron chi connectivity index (χ2n) is 8.54. The molecule has 2 aliphatic heterocycles. The van der Waals surface area contributed by atoms with Gasteiger partial charge in [-0.1, -0.05) is 32.1 Å². The Balaban J connectivity index is 1.70. The van der Waals surface area contributed by atoms with Crippen molar-refractivity contribution in [1.82, 2.24) is 0 Å². The Hall–Kier alpha value is -1.72. The van der Waals surface area contributed by atoms with E-state index in [1.165, 1.54) is 19.3 Å². The minimum Gasteiger partial charge on any atom is -0.393 e. The van der Waals surface area contributed by atoms with E-state index in [1.54, 1.807) is 0 Å². The highest BCUT2D eigenvalue weighted by Crippen LogP contribution is 2.53. The van der Waals surface area contributed by atoms with Crippen molar-refractivity contribution in [3.8, 4) is 0 Å². The van der Waals surface area contributed by atoms with Gasteiger partial charge >= 0.3 is 23.9 Å². The summed E-state index contributed by atoms with van der Waals surface area (Å²) in [6, 6.07) is 0. The van der Waals surface area contributed by atoms with Crippen molar-refractivity contribution >= 4 is 23.9 Å². The molecule has 2 aliphatic carbocycles. The van der Waals surface area contributed by atoms with Crippen LogP contribution in [0.5, 0.6) is 0 Å². The van der Waals surface area contributed by atoms with E-state index >= 15 is 0 Å². The zero-order chi connectivity index (χ0) is 18.3. The van der Waals surface area contributed by atoms with Crippen LogP contribution in [0, 0.1) is 29.1 Å². The van der Waals surface area contributed by atoms with E-state index in [2.05, 4.69) is 0 Å². The molecule has 0 aromatic rings. The lowest BCUT2D eigenvalue weighted by atomic mass is 9.58. The molecule has 0 aromatic carbocycles. The molecular formula is C20H26O6. The third-order valence-electron chi connectivity index (χ3n) is 7.17. The van der Waals surface area contributed by atoms with E-state index in [9.17, 15) is 19.2 Å². The van der Waals surface area contributed by atoms with E-state index in [0.717, 1.165) is 25.7 Å². The van der Waals surface area contributed by atoms with Gasteiger partial charge in [0.15, 0.2) is 0 Å². The minimum atomic E-state index is -0.731. The molecule has 4 bridgehead atoms. The second-order valence-corrected chi connectivity index (χ2v) is 8.54. The molecule has 4 unspecified atom stereocenters. The molecule has 6 heteroatoms. The smallest absolute Gasteiger partial charge is 0.320 e. The van der Waals surface area contributed by atoms with Crippen molar-refractivity contribution in [3.05, 3.63) is 0 Å². The van der Waals surface area contributed by atoms with Crippen LogP contribution in [0.4, 0.5) is 0 Å². The van der Waals surface area contributed by atoms with E-state index in [-0.39, 0.29) is 5.92 Å². The molecule has 4 rings (SSSR count). The Morgan fingerprint density at radius 3 is 2.12 bits per heavy atom.